The molecule has 100 valence electrons. The molecule has 3 rings (SSSR count). The third kappa shape index (κ3) is 2.18. The molecule has 3 heteroatoms. The highest BCUT2D eigenvalue weighted by atomic mass is 15.1. The van der Waals surface area contributed by atoms with Gasteiger partial charge in [-0.05, 0) is 34.7 Å². The summed E-state index contributed by atoms with van der Waals surface area (Å²) in [6.07, 6.45) is 2.77. The molecule has 0 aliphatic carbocycles. The maximum Gasteiger partial charge on any atom is 0.126 e. The van der Waals surface area contributed by atoms with E-state index in [1.807, 2.05) is 6.07 Å². The second-order valence-corrected chi connectivity index (χ2v) is 4.79. The molecule has 0 radical (unpaired) electrons. The Kier molecular flexibility index (Phi) is 3.25. The number of nitrogens with zero attached hydrogens (tertiary/aromatic N) is 1. The van der Waals surface area contributed by atoms with Crippen LogP contribution in [0.2, 0.25) is 0 Å². The first-order valence-electron chi connectivity index (χ1n) is 6.77. The summed E-state index contributed by atoms with van der Waals surface area (Å²) in [5.41, 5.74) is 11.8. The second-order valence-electron chi connectivity index (χ2n) is 4.79. The molecule has 1 aromatic heterocycles. The van der Waals surface area contributed by atoms with Gasteiger partial charge in [0.1, 0.15) is 5.82 Å². The predicted molar refractivity (Wildman–Crippen MR) is 83.3 cm³/mol. The van der Waals surface area contributed by atoms with Crippen molar-refractivity contribution in [3.8, 4) is 22.3 Å². The molecule has 20 heavy (non-hydrogen) atoms. The van der Waals surface area contributed by atoms with E-state index < -0.39 is 0 Å². The highest BCUT2D eigenvalue weighted by molar-refractivity contribution is 5.79. The topological polar surface area (TPSA) is 54.7 Å². The third-order valence-electron chi connectivity index (χ3n) is 3.56. The molecular formula is C17H17N3. The van der Waals surface area contributed by atoms with Crippen LogP contribution in [0.5, 0.6) is 0 Å². The average molecular weight is 263 g/mol. The highest BCUT2D eigenvalue weighted by Gasteiger charge is 2.09. The van der Waals surface area contributed by atoms with Gasteiger partial charge in [-0.15, -0.1) is 0 Å². The lowest BCUT2D eigenvalue weighted by Crippen LogP contribution is -1.91. The smallest absolute Gasteiger partial charge is 0.126 e. The van der Waals surface area contributed by atoms with E-state index in [1.54, 1.807) is 6.20 Å². The Morgan fingerprint density at radius 2 is 1.80 bits per heavy atom. The standard InChI is InChI=1S/C17H17N3/c1-2-12-8-9-14(16-11-19-20-17(16)18)10-15(12)13-6-4-3-5-7-13/h3-11H,2H2,1H3,(H3,18,19,20). The number of aromatic amines is 1. The Morgan fingerprint density at radius 1 is 1.00 bits per heavy atom. The number of H-pyrrole nitrogens is 1. The molecule has 0 aliphatic heterocycles. The molecular weight excluding hydrogens is 246 g/mol. The van der Waals surface area contributed by atoms with Crippen LogP contribution in [0, 0.1) is 0 Å². The molecule has 0 fully saturated rings. The SMILES string of the molecule is CCc1ccc(-c2cn[nH]c2N)cc1-c1ccccc1. The fourth-order valence-electron chi connectivity index (χ4n) is 2.46. The largest absolute Gasteiger partial charge is 0.384 e. The Bertz CT molecular complexity index is 714. The minimum absolute atomic E-state index is 0.605. The van der Waals surface area contributed by atoms with Gasteiger partial charge in [0.15, 0.2) is 0 Å². The van der Waals surface area contributed by atoms with Gasteiger partial charge in [0, 0.05) is 5.56 Å². The Morgan fingerprint density at radius 3 is 2.45 bits per heavy atom. The summed E-state index contributed by atoms with van der Waals surface area (Å²) in [6.45, 7) is 2.17. The lowest BCUT2D eigenvalue weighted by atomic mass is 9.94. The zero-order valence-corrected chi connectivity index (χ0v) is 11.4. The molecule has 0 amide bonds. The third-order valence-corrected chi connectivity index (χ3v) is 3.56. The van der Waals surface area contributed by atoms with Gasteiger partial charge < -0.3 is 5.73 Å². The summed E-state index contributed by atoms with van der Waals surface area (Å²) in [5, 5.41) is 6.78. The summed E-state index contributed by atoms with van der Waals surface area (Å²) in [7, 11) is 0. The van der Waals surface area contributed by atoms with E-state index in [2.05, 4.69) is 59.6 Å². The first kappa shape index (κ1) is 12.5. The van der Waals surface area contributed by atoms with Crippen molar-refractivity contribution in [2.75, 3.05) is 5.73 Å². The normalized spacial score (nSPS) is 10.7. The van der Waals surface area contributed by atoms with E-state index in [1.165, 1.54) is 16.7 Å². The Labute approximate surface area is 118 Å². The zero-order valence-electron chi connectivity index (χ0n) is 11.4. The van der Waals surface area contributed by atoms with Gasteiger partial charge in [0.05, 0.1) is 6.20 Å². The van der Waals surface area contributed by atoms with Gasteiger partial charge in [0.2, 0.25) is 0 Å². The monoisotopic (exact) mass is 263 g/mol. The number of benzene rings is 2. The number of rotatable bonds is 3. The maximum atomic E-state index is 5.91. The first-order chi connectivity index (χ1) is 9.79. The number of anilines is 1. The van der Waals surface area contributed by atoms with Gasteiger partial charge in [-0.1, -0.05) is 49.4 Å². The lowest BCUT2D eigenvalue weighted by molar-refractivity contribution is 1.10. The van der Waals surface area contributed by atoms with Gasteiger partial charge >= 0.3 is 0 Å². The number of nitrogen functional groups attached to an aromatic ring is 1. The van der Waals surface area contributed by atoms with Crippen LogP contribution in [-0.4, -0.2) is 10.2 Å². The van der Waals surface area contributed by atoms with E-state index in [0.717, 1.165) is 17.5 Å². The van der Waals surface area contributed by atoms with Crippen LogP contribution in [0.3, 0.4) is 0 Å². The molecule has 0 unspecified atom stereocenters. The molecule has 0 saturated carbocycles. The van der Waals surface area contributed by atoms with Crippen LogP contribution < -0.4 is 5.73 Å². The summed E-state index contributed by atoms with van der Waals surface area (Å²) in [5.74, 6) is 0.605. The number of aromatic nitrogens is 2. The zero-order chi connectivity index (χ0) is 13.9. The van der Waals surface area contributed by atoms with Crippen LogP contribution in [0.15, 0.2) is 54.7 Å². The van der Waals surface area contributed by atoms with Crippen molar-refractivity contribution < 1.29 is 0 Å². The van der Waals surface area contributed by atoms with Crippen LogP contribution in [0.25, 0.3) is 22.3 Å². The van der Waals surface area contributed by atoms with Crippen molar-refractivity contribution in [2.45, 2.75) is 13.3 Å². The fraction of sp³-hybridized carbons (Fsp3) is 0.118. The Balaban J connectivity index is 2.15. The van der Waals surface area contributed by atoms with Crippen LogP contribution >= 0.6 is 0 Å². The predicted octanol–water partition coefficient (Wildman–Crippen LogP) is 3.89. The minimum Gasteiger partial charge on any atom is -0.384 e. The van der Waals surface area contributed by atoms with Crippen molar-refractivity contribution >= 4 is 5.82 Å². The second kappa shape index (κ2) is 5.21. The van der Waals surface area contributed by atoms with Crippen molar-refractivity contribution in [3.63, 3.8) is 0 Å². The molecule has 3 N–H and O–H groups in total. The average Bonchev–Trinajstić information content (AvgIpc) is 2.93. The maximum absolute atomic E-state index is 5.91. The van der Waals surface area contributed by atoms with E-state index in [9.17, 15) is 0 Å². The van der Waals surface area contributed by atoms with Crippen molar-refractivity contribution in [2.24, 2.45) is 0 Å². The summed E-state index contributed by atoms with van der Waals surface area (Å²) in [6, 6.07) is 16.9. The molecule has 0 bridgehead atoms. The quantitative estimate of drug-likeness (QED) is 0.753. The van der Waals surface area contributed by atoms with Gasteiger partial charge in [-0.3, -0.25) is 5.10 Å². The van der Waals surface area contributed by atoms with Crippen molar-refractivity contribution in [1.82, 2.24) is 10.2 Å². The number of hydrogen-bond acceptors (Lipinski definition) is 2. The summed E-state index contributed by atoms with van der Waals surface area (Å²) < 4.78 is 0. The molecule has 0 saturated heterocycles. The van der Waals surface area contributed by atoms with Gasteiger partial charge in [0.25, 0.3) is 0 Å². The molecule has 3 aromatic rings. The van der Waals surface area contributed by atoms with Crippen molar-refractivity contribution in [1.29, 1.82) is 0 Å². The van der Waals surface area contributed by atoms with Gasteiger partial charge in [-0.25, -0.2) is 0 Å². The molecule has 2 aromatic carbocycles. The molecule has 1 heterocycles. The van der Waals surface area contributed by atoms with E-state index in [-0.39, 0.29) is 0 Å². The number of aryl methyl sites for hydroxylation is 1. The summed E-state index contributed by atoms with van der Waals surface area (Å²) in [4.78, 5) is 0. The summed E-state index contributed by atoms with van der Waals surface area (Å²) >= 11 is 0. The Hall–Kier alpha value is -2.55. The molecule has 0 aliphatic rings. The fourth-order valence-corrected chi connectivity index (χ4v) is 2.46. The van der Waals surface area contributed by atoms with Crippen molar-refractivity contribution in [3.05, 3.63) is 60.3 Å². The van der Waals surface area contributed by atoms with Crippen LogP contribution in [0.4, 0.5) is 5.82 Å². The van der Waals surface area contributed by atoms with E-state index >= 15 is 0 Å². The van der Waals surface area contributed by atoms with Crippen LogP contribution in [-0.2, 0) is 6.42 Å². The molecule has 3 nitrogen and oxygen atoms in total. The molecule has 0 spiro atoms. The number of nitrogens with two attached hydrogens (primary N) is 1. The van der Waals surface area contributed by atoms with Crippen LogP contribution in [0.1, 0.15) is 12.5 Å². The van der Waals surface area contributed by atoms with E-state index in [4.69, 9.17) is 5.73 Å². The van der Waals surface area contributed by atoms with E-state index in [0.29, 0.717) is 5.82 Å². The lowest BCUT2D eigenvalue weighted by Gasteiger charge is -2.10. The van der Waals surface area contributed by atoms with Gasteiger partial charge in [-0.2, -0.15) is 5.10 Å². The minimum atomic E-state index is 0.605. The molecule has 0 atom stereocenters. The number of nitrogens with one attached hydrogen (secondary N) is 1. The number of hydrogen-bond donors (Lipinski definition) is 2. The highest BCUT2D eigenvalue weighted by Crippen LogP contribution is 2.31. The first-order valence-corrected chi connectivity index (χ1v) is 6.77.